The zero-order valence-corrected chi connectivity index (χ0v) is 16.5. The Morgan fingerprint density at radius 2 is 2.30 bits per heavy atom. The van der Waals surface area contributed by atoms with E-state index in [1.54, 1.807) is 0 Å². The van der Waals surface area contributed by atoms with Gasteiger partial charge >= 0.3 is 0 Å². The van der Waals surface area contributed by atoms with Gasteiger partial charge in [-0.25, -0.2) is 0 Å². The van der Waals surface area contributed by atoms with Gasteiger partial charge in [-0.2, -0.15) is 15.5 Å². The summed E-state index contributed by atoms with van der Waals surface area (Å²) in [5.74, 6) is 0.616. The lowest BCUT2D eigenvalue weighted by atomic mass is 10.1. The van der Waals surface area contributed by atoms with Crippen LogP contribution in [0.1, 0.15) is 46.9 Å². The van der Waals surface area contributed by atoms with Crippen molar-refractivity contribution in [1.82, 2.24) is 25.3 Å². The number of rotatable bonds is 7. The maximum Gasteiger partial charge on any atom is 0.261 e. The first-order valence-electron chi connectivity index (χ1n) is 8.88. The lowest BCUT2D eigenvalue weighted by Gasteiger charge is -2.05. The van der Waals surface area contributed by atoms with Gasteiger partial charge in [-0.15, -0.1) is 11.3 Å². The molecule has 0 fully saturated rings. The number of anilines is 1. The maximum atomic E-state index is 12.5. The molecule has 142 valence electrons. The van der Waals surface area contributed by atoms with Crippen LogP contribution in [0.15, 0.2) is 6.07 Å². The van der Waals surface area contributed by atoms with Crippen LogP contribution in [-0.4, -0.2) is 32.4 Å². The Balaban J connectivity index is 1.60. The zero-order valence-electron chi connectivity index (χ0n) is 15.7. The molecule has 0 spiro atoms. The molecular weight excluding hydrogens is 362 g/mol. The summed E-state index contributed by atoms with van der Waals surface area (Å²) in [6, 6.07) is 3.96. The lowest BCUT2D eigenvalue weighted by Crippen LogP contribution is -2.24. The van der Waals surface area contributed by atoms with Gasteiger partial charge in [-0.1, -0.05) is 13.8 Å². The summed E-state index contributed by atoms with van der Waals surface area (Å²) in [6.07, 6.45) is 1.29. The lowest BCUT2D eigenvalue weighted by molar-refractivity contribution is 0.0957. The van der Waals surface area contributed by atoms with Crippen LogP contribution in [0.4, 0.5) is 5.82 Å². The summed E-state index contributed by atoms with van der Waals surface area (Å²) < 4.78 is 1.99. The van der Waals surface area contributed by atoms with Gasteiger partial charge in [-0.05, 0) is 31.7 Å². The Hall–Kier alpha value is -2.86. The molecule has 4 N–H and O–H groups in total. The van der Waals surface area contributed by atoms with E-state index in [0.29, 0.717) is 41.4 Å². The SMILES string of the molecule is Cc1nn(CC(C)C)c2sc(C(=O)NCCCc3[nH]nc(N)c3C#N)cc12. The first-order valence-corrected chi connectivity index (χ1v) is 9.70. The van der Waals surface area contributed by atoms with Gasteiger partial charge in [0.2, 0.25) is 0 Å². The molecule has 3 aromatic heterocycles. The van der Waals surface area contributed by atoms with Gasteiger partial charge in [0.05, 0.1) is 16.3 Å². The van der Waals surface area contributed by atoms with Crippen LogP contribution in [0, 0.1) is 24.2 Å². The van der Waals surface area contributed by atoms with E-state index in [-0.39, 0.29) is 11.7 Å². The number of thiophene rings is 1. The van der Waals surface area contributed by atoms with E-state index in [2.05, 4.69) is 34.5 Å². The minimum Gasteiger partial charge on any atom is -0.381 e. The molecule has 8 nitrogen and oxygen atoms in total. The largest absolute Gasteiger partial charge is 0.381 e. The minimum atomic E-state index is -0.0867. The van der Waals surface area contributed by atoms with E-state index >= 15 is 0 Å². The highest BCUT2D eigenvalue weighted by atomic mass is 32.1. The van der Waals surface area contributed by atoms with Crippen LogP contribution >= 0.6 is 11.3 Å². The molecule has 0 aliphatic carbocycles. The number of nitrogens with one attached hydrogen (secondary N) is 2. The Morgan fingerprint density at radius 3 is 3.00 bits per heavy atom. The third kappa shape index (κ3) is 3.95. The smallest absolute Gasteiger partial charge is 0.261 e. The number of nitrogens with two attached hydrogens (primary N) is 1. The van der Waals surface area contributed by atoms with Crippen LogP contribution in [-0.2, 0) is 13.0 Å². The van der Waals surface area contributed by atoms with Crippen LogP contribution in [0.2, 0.25) is 0 Å². The van der Waals surface area contributed by atoms with Crippen molar-refractivity contribution in [3.8, 4) is 6.07 Å². The average Bonchev–Trinajstić information content (AvgIpc) is 3.27. The van der Waals surface area contributed by atoms with E-state index in [0.717, 1.165) is 22.5 Å². The van der Waals surface area contributed by atoms with Gasteiger partial charge < -0.3 is 11.1 Å². The number of H-pyrrole nitrogens is 1. The summed E-state index contributed by atoms with van der Waals surface area (Å²) in [5, 5.41) is 24.2. The summed E-state index contributed by atoms with van der Waals surface area (Å²) >= 11 is 1.47. The molecule has 0 saturated carbocycles. The van der Waals surface area contributed by atoms with Crippen molar-refractivity contribution in [2.75, 3.05) is 12.3 Å². The summed E-state index contributed by atoms with van der Waals surface area (Å²) in [4.78, 5) is 14.2. The molecule has 3 rings (SSSR count). The molecule has 27 heavy (non-hydrogen) atoms. The first-order chi connectivity index (χ1) is 12.9. The monoisotopic (exact) mass is 385 g/mol. The van der Waals surface area contributed by atoms with Crippen molar-refractivity contribution in [2.45, 2.75) is 40.2 Å². The van der Waals surface area contributed by atoms with E-state index in [1.807, 2.05) is 23.7 Å². The third-order valence-electron chi connectivity index (χ3n) is 4.24. The summed E-state index contributed by atoms with van der Waals surface area (Å²) in [7, 11) is 0. The predicted octanol–water partition coefficient (Wildman–Crippen LogP) is 2.60. The van der Waals surface area contributed by atoms with Gasteiger partial charge in [0.15, 0.2) is 5.82 Å². The van der Waals surface area contributed by atoms with Crippen LogP contribution < -0.4 is 11.1 Å². The fourth-order valence-corrected chi connectivity index (χ4v) is 4.04. The number of hydrogen-bond acceptors (Lipinski definition) is 6. The van der Waals surface area contributed by atoms with E-state index in [9.17, 15) is 4.79 Å². The number of carbonyl (C=O) groups excluding carboxylic acids is 1. The molecule has 0 atom stereocenters. The molecule has 0 radical (unpaired) electrons. The maximum absolute atomic E-state index is 12.5. The van der Waals surface area contributed by atoms with Crippen molar-refractivity contribution < 1.29 is 4.79 Å². The standard InChI is InChI=1S/C18H23N7OS/c1-10(2)9-25-18-12(11(3)24-25)7-15(27-18)17(26)21-6-4-5-14-13(8-19)16(20)23-22-14/h7,10H,4-6,9H2,1-3H3,(H,21,26)(H3,20,22,23). The highest BCUT2D eigenvalue weighted by molar-refractivity contribution is 7.20. The second-order valence-corrected chi connectivity index (χ2v) is 7.96. The zero-order chi connectivity index (χ0) is 19.6. The third-order valence-corrected chi connectivity index (χ3v) is 5.39. The van der Waals surface area contributed by atoms with Crippen LogP contribution in [0.3, 0.4) is 0 Å². The van der Waals surface area contributed by atoms with E-state index in [1.165, 1.54) is 11.3 Å². The number of aryl methyl sites for hydroxylation is 2. The minimum absolute atomic E-state index is 0.0867. The van der Waals surface area contributed by atoms with Gasteiger partial charge in [-0.3, -0.25) is 14.6 Å². The summed E-state index contributed by atoms with van der Waals surface area (Å²) in [6.45, 7) is 7.61. The Kier molecular flexibility index (Phi) is 5.46. The fraction of sp³-hybridized carbons (Fsp3) is 0.444. The molecule has 0 aliphatic rings. The summed E-state index contributed by atoms with van der Waals surface area (Å²) in [5.41, 5.74) is 7.66. The van der Waals surface area contributed by atoms with Crippen molar-refractivity contribution in [1.29, 1.82) is 5.26 Å². The Labute approximate surface area is 161 Å². The molecule has 0 aromatic carbocycles. The van der Waals surface area contributed by atoms with Crippen molar-refractivity contribution in [3.63, 3.8) is 0 Å². The van der Waals surface area contributed by atoms with Gasteiger partial charge in [0.1, 0.15) is 16.5 Å². The van der Waals surface area contributed by atoms with Crippen molar-refractivity contribution >= 4 is 33.3 Å². The van der Waals surface area contributed by atoms with E-state index < -0.39 is 0 Å². The predicted molar refractivity (Wildman–Crippen MR) is 106 cm³/mol. The first kappa shape index (κ1) is 18.9. The average molecular weight is 385 g/mol. The molecule has 3 aromatic rings. The topological polar surface area (TPSA) is 125 Å². The normalized spacial score (nSPS) is 11.2. The number of aromatic nitrogens is 4. The van der Waals surface area contributed by atoms with Gasteiger partial charge in [0, 0.05) is 18.5 Å². The second-order valence-electron chi connectivity index (χ2n) is 6.92. The molecule has 0 bridgehead atoms. The molecule has 0 saturated heterocycles. The Morgan fingerprint density at radius 1 is 1.52 bits per heavy atom. The number of nitrogen functional groups attached to an aromatic ring is 1. The quantitative estimate of drug-likeness (QED) is 0.539. The molecule has 9 heteroatoms. The fourth-order valence-electron chi connectivity index (χ4n) is 2.95. The highest BCUT2D eigenvalue weighted by Gasteiger charge is 2.17. The van der Waals surface area contributed by atoms with E-state index in [4.69, 9.17) is 11.0 Å². The number of hydrogen-bond donors (Lipinski definition) is 3. The number of aromatic amines is 1. The van der Waals surface area contributed by atoms with Crippen LogP contribution in [0.25, 0.3) is 10.2 Å². The molecular formula is C18H23N7OS. The highest BCUT2D eigenvalue weighted by Crippen LogP contribution is 2.28. The molecule has 0 aliphatic heterocycles. The van der Waals surface area contributed by atoms with Crippen molar-refractivity contribution in [3.05, 3.63) is 27.9 Å². The van der Waals surface area contributed by atoms with Crippen LogP contribution in [0.5, 0.6) is 0 Å². The number of fused-ring (bicyclic) bond motifs is 1. The number of amides is 1. The second kappa shape index (κ2) is 7.80. The molecule has 1 amide bonds. The number of nitriles is 1. The van der Waals surface area contributed by atoms with Crippen molar-refractivity contribution in [2.24, 2.45) is 5.92 Å². The number of nitrogens with zero attached hydrogens (tertiary/aromatic N) is 4. The molecule has 3 heterocycles. The number of carbonyl (C=O) groups is 1. The Bertz CT molecular complexity index is 1010. The van der Waals surface area contributed by atoms with Gasteiger partial charge in [0.25, 0.3) is 5.91 Å². The molecule has 0 unspecified atom stereocenters.